The summed E-state index contributed by atoms with van der Waals surface area (Å²) in [5.74, 6) is 0.775. The molecule has 132 valence electrons. The number of fused-ring (bicyclic) bond motifs is 2. The van der Waals surface area contributed by atoms with Gasteiger partial charge in [0.05, 0.1) is 17.1 Å². The number of hydrogen-bond acceptors (Lipinski definition) is 4. The zero-order valence-corrected chi connectivity index (χ0v) is 14.2. The van der Waals surface area contributed by atoms with E-state index < -0.39 is 0 Å². The number of amides is 1. The van der Waals surface area contributed by atoms with E-state index >= 15 is 0 Å². The molecule has 0 radical (unpaired) electrons. The van der Waals surface area contributed by atoms with Crippen LogP contribution in [0.4, 0.5) is 0 Å². The number of nitrogens with zero attached hydrogens (tertiary/aromatic N) is 1. The summed E-state index contributed by atoms with van der Waals surface area (Å²) in [6, 6.07) is 15.1. The van der Waals surface area contributed by atoms with E-state index in [0.717, 1.165) is 23.3 Å². The molecule has 6 heteroatoms. The Labute approximate surface area is 150 Å². The number of ether oxygens (including phenoxy) is 1. The third-order valence-electron chi connectivity index (χ3n) is 4.50. The van der Waals surface area contributed by atoms with Gasteiger partial charge in [-0.15, -0.1) is 0 Å². The lowest BCUT2D eigenvalue weighted by molar-refractivity contribution is -0.122. The van der Waals surface area contributed by atoms with E-state index in [4.69, 9.17) is 4.74 Å². The van der Waals surface area contributed by atoms with Crippen LogP contribution in [-0.4, -0.2) is 28.5 Å². The highest BCUT2D eigenvalue weighted by atomic mass is 16.5. The highest BCUT2D eigenvalue weighted by Crippen LogP contribution is 2.23. The molecule has 0 saturated heterocycles. The molecule has 4 rings (SSSR count). The minimum atomic E-state index is -0.244. The number of hydrogen-bond donors (Lipinski definition) is 2. The quantitative estimate of drug-likeness (QED) is 0.754. The van der Waals surface area contributed by atoms with Crippen molar-refractivity contribution in [3.63, 3.8) is 0 Å². The van der Waals surface area contributed by atoms with Gasteiger partial charge in [0, 0.05) is 12.8 Å². The summed E-state index contributed by atoms with van der Waals surface area (Å²) in [4.78, 5) is 31.5. The molecule has 0 fully saturated rings. The number of aryl methyl sites for hydroxylation is 1. The highest BCUT2D eigenvalue weighted by molar-refractivity contribution is 5.77. The molecular formula is C20H19N3O3. The molecule has 3 aromatic rings. The number of aromatic nitrogens is 2. The van der Waals surface area contributed by atoms with Gasteiger partial charge in [0.15, 0.2) is 0 Å². The van der Waals surface area contributed by atoms with Gasteiger partial charge in [0.2, 0.25) is 5.91 Å². The van der Waals surface area contributed by atoms with Crippen LogP contribution in [0.5, 0.6) is 5.75 Å². The summed E-state index contributed by atoms with van der Waals surface area (Å²) in [5, 5.41) is 2.98. The van der Waals surface area contributed by atoms with Crippen LogP contribution in [-0.2, 0) is 17.6 Å². The predicted molar refractivity (Wildman–Crippen MR) is 98.3 cm³/mol. The smallest absolute Gasteiger partial charge is 0.270 e. The Kier molecular flexibility index (Phi) is 4.39. The van der Waals surface area contributed by atoms with Crippen molar-refractivity contribution in [3.05, 3.63) is 70.1 Å². The molecule has 2 heterocycles. The van der Waals surface area contributed by atoms with Crippen molar-refractivity contribution in [2.45, 2.75) is 25.3 Å². The van der Waals surface area contributed by atoms with Gasteiger partial charge in [-0.25, -0.2) is 4.98 Å². The van der Waals surface area contributed by atoms with Crippen molar-refractivity contribution in [1.29, 1.82) is 0 Å². The predicted octanol–water partition coefficient (Wildman–Crippen LogP) is 1.98. The Morgan fingerprint density at radius 2 is 2.00 bits per heavy atom. The summed E-state index contributed by atoms with van der Waals surface area (Å²) < 4.78 is 5.68. The maximum absolute atomic E-state index is 12.3. The molecule has 1 atom stereocenters. The van der Waals surface area contributed by atoms with Crippen LogP contribution in [0.1, 0.15) is 17.7 Å². The lowest BCUT2D eigenvalue weighted by Gasteiger charge is -2.26. The van der Waals surface area contributed by atoms with Gasteiger partial charge in [-0.3, -0.25) is 9.59 Å². The lowest BCUT2D eigenvalue weighted by atomic mass is 10.0. The maximum atomic E-state index is 12.3. The molecule has 1 unspecified atom stereocenters. The van der Waals surface area contributed by atoms with Crippen LogP contribution in [0, 0.1) is 0 Å². The SMILES string of the molecule is O=C(CCc1nc2ccccc2[nH]c1=O)NC1COc2ccccc2C1. The molecule has 1 amide bonds. The second-order valence-electron chi connectivity index (χ2n) is 6.42. The van der Waals surface area contributed by atoms with Crippen molar-refractivity contribution in [2.24, 2.45) is 0 Å². The van der Waals surface area contributed by atoms with E-state index in [1.54, 1.807) is 6.07 Å². The summed E-state index contributed by atoms with van der Waals surface area (Å²) in [6.45, 7) is 0.456. The number of nitrogens with one attached hydrogen (secondary N) is 2. The van der Waals surface area contributed by atoms with Crippen LogP contribution in [0.25, 0.3) is 11.0 Å². The first-order chi connectivity index (χ1) is 12.7. The molecule has 6 nitrogen and oxygen atoms in total. The van der Waals surface area contributed by atoms with Crippen LogP contribution in [0.3, 0.4) is 0 Å². The second kappa shape index (κ2) is 7.00. The Morgan fingerprint density at radius 1 is 1.19 bits per heavy atom. The summed E-state index contributed by atoms with van der Waals surface area (Å²) >= 11 is 0. The molecule has 2 aromatic carbocycles. The topological polar surface area (TPSA) is 84.1 Å². The number of carbonyl (C=O) groups is 1. The van der Waals surface area contributed by atoms with E-state index in [2.05, 4.69) is 15.3 Å². The van der Waals surface area contributed by atoms with E-state index in [0.29, 0.717) is 24.2 Å². The first-order valence-corrected chi connectivity index (χ1v) is 8.67. The maximum Gasteiger partial charge on any atom is 0.270 e. The Balaban J connectivity index is 1.37. The van der Waals surface area contributed by atoms with Crippen LogP contribution < -0.4 is 15.6 Å². The van der Waals surface area contributed by atoms with E-state index in [9.17, 15) is 9.59 Å². The van der Waals surface area contributed by atoms with E-state index in [-0.39, 0.29) is 23.9 Å². The Morgan fingerprint density at radius 3 is 2.92 bits per heavy atom. The van der Waals surface area contributed by atoms with Gasteiger partial charge in [-0.1, -0.05) is 30.3 Å². The van der Waals surface area contributed by atoms with Crippen molar-refractivity contribution in [1.82, 2.24) is 15.3 Å². The number of carbonyl (C=O) groups excluding carboxylic acids is 1. The fourth-order valence-corrected chi connectivity index (χ4v) is 3.19. The second-order valence-corrected chi connectivity index (χ2v) is 6.42. The number of H-pyrrole nitrogens is 1. The normalized spacial score (nSPS) is 15.9. The van der Waals surface area contributed by atoms with Crippen molar-refractivity contribution >= 4 is 16.9 Å². The number of aromatic amines is 1. The van der Waals surface area contributed by atoms with Crippen molar-refractivity contribution in [2.75, 3.05) is 6.61 Å². The molecular weight excluding hydrogens is 330 g/mol. The molecule has 1 aliphatic heterocycles. The highest BCUT2D eigenvalue weighted by Gasteiger charge is 2.21. The number of benzene rings is 2. The summed E-state index contributed by atoms with van der Waals surface area (Å²) in [5.41, 5.74) is 2.65. The molecule has 0 saturated carbocycles. The van der Waals surface area contributed by atoms with Gasteiger partial charge in [0.25, 0.3) is 5.56 Å². The summed E-state index contributed by atoms with van der Waals surface area (Å²) in [6.07, 6.45) is 1.26. The fraction of sp³-hybridized carbons (Fsp3) is 0.250. The van der Waals surface area contributed by atoms with Gasteiger partial charge in [-0.05, 0) is 30.2 Å². The van der Waals surface area contributed by atoms with Gasteiger partial charge in [0.1, 0.15) is 18.1 Å². The van der Waals surface area contributed by atoms with Crippen molar-refractivity contribution < 1.29 is 9.53 Å². The average Bonchev–Trinajstić information content (AvgIpc) is 2.66. The van der Waals surface area contributed by atoms with E-state index in [1.807, 2.05) is 42.5 Å². The Bertz CT molecular complexity index is 1010. The van der Waals surface area contributed by atoms with Gasteiger partial charge >= 0.3 is 0 Å². The molecule has 2 N–H and O–H groups in total. The number of para-hydroxylation sites is 3. The first kappa shape index (κ1) is 16.3. The van der Waals surface area contributed by atoms with E-state index in [1.165, 1.54) is 0 Å². The minimum Gasteiger partial charge on any atom is -0.491 e. The molecule has 1 aliphatic rings. The third kappa shape index (κ3) is 3.44. The first-order valence-electron chi connectivity index (χ1n) is 8.67. The molecule has 0 spiro atoms. The largest absolute Gasteiger partial charge is 0.491 e. The monoisotopic (exact) mass is 349 g/mol. The lowest BCUT2D eigenvalue weighted by Crippen LogP contribution is -2.42. The van der Waals surface area contributed by atoms with Gasteiger partial charge < -0.3 is 15.0 Å². The molecule has 0 aliphatic carbocycles. The van der Waals surface area contributed by atoms with Gasteiger partial charge in [-0.2, -0.15) is 0 Å². The minimum absolute atomic E-state index is 0.0553. The molecule has 1 aromatic heterocycles. The Hall–Kier alpha value is -3.15. The van der Waals surface area contributed by atoms with Crippen LogP contribution in [0.2, 0.25) is 0 Å². The zero-order valence-electron chi connectivity index (χ0n) is 14.2. The molecule has 26 heavy (non-hydrogen) atoms. The fourth-order valence-electron chi connectivity index (χ4n) is 3.19. The third-order valence-corrected chi connectivity index (χ3v) is 4.50. The standard InChI is InChI=1S/C20H19N3O3/c24-19(21-14-11-13-5-1-4-8-18(13)26-12-14)10-9-17-20(25)23-16-7-3-2-6-15(16)22-17/h1-8,14H,9-12H2,(H,21,24)(H,23,25). The van der Waals surface area contributed by atoms with Crippen LogP contribution in [0.15, 0.2) is 53.3 Å². The zero-order chi connectivity index (χ0) is 17.9. The van der Waals surface area contributed by atoms with Crippen LogP contribution >= 0.6 is 0 Å². The average molecular weight is 349 g/mol. The number of rotatable bonds is 4. The molecule has 0 bridgehead atoms. The summed E-state index contributed by atoms with van der Waals surface area (Å²) in [7, 11) is 0. The van der Waals surface area contributed by atoms with Crippen molar-refractivity contribution in [3.8, 4) is 5.75 Å².